The lowest BCUT2D eigenvalue weighted by molar-refractivity contribution is -0.156. The first kappa shape index (κ1) is 42.0. The Hall–Kier alpha value is -1.01. The lowest BCUT2D eigenvalue weighted by atomic mass is 10.2. The highest BCUT2D eigenvalue weighted by Gasteiger charge is 2.15. The van der Waals surface area contributed by atoms with Gasteiger partial charge in [0.15, 0.2) is 0 Å². The molecule has 43 heavy (non-hydrogen) atoms. The van der Waals surface area contributed by atoms with E-state index in [2.05, 4.69) is 0 Å². The molecule has 0 radical (unpaired) electrons. The molecule has 0 saturated heterocycles. The Morgan fingerprint density at radius 3 is 0.814 bits per heavy atom. The van der Waals surface area contributed by atoms with Gasteiger partial charge < -0.3 is 62.6 Å². The largest absolute Gasteiger partial charge is 0.460 e. The minimum Gasteiger partial charge on any atom is -0.460 e. The van der Waals surface area contributed by atoms with Gasteiger partial charge in [0.1, 0.15) is 5.60 Å². The zero-order chi connectivity index (χ0) is 31.5. The van der Waals surface area contributed by atoms with Gasteiger partial charge in [-0.25, -0.2) is 0 Å². The maximum Gasteiger partial charge on any atom is 0.308 e. The van der Waals surface area contributed by atoms with Crippen LogP contribution in [0.3, 0.4) is 0 Å². The van der Waals surface area contributed by atoms with Gasteiger partial charge in [-0.1, -0.05) is 0 Å². The van der Waals surface area contributed by atoms with Gasteiger partial charge in [-0.15, -0.1) is 0 Å². The molecule has 0 aromatic rings. The number of nitrogens with two attached hydrogens (primary N) is 1. The lowest BCUT2D eigenvalue weighted by Crippen LogP contribution is -2.24. The zero-order valence-corrected chi connectivity index (χ0v) is 26.9. The molecule has 0 bridgehead atoms. The number of hydrogen-bond acceptors (Lipinski definition) is 14. The predicted molar refractivity (Wildman–Crippen MR) is 159 cm³/mol. The monoisotopic (exact) mass is 629 g/mol. The summed E-state index contributed by atoms with van der Waals surface area (Å²) in [5, 5.41) is 0. The lowest BCUT2D eigenvalue weighted by Gasteiger charge is -2.19. The second-order valence-electron chi connectivity index (χ2n) is 9.86. The molecule has 2 N–H and O–H groups in total. The van der Waals surface area contributed by atoms with Crippen molar-refractivity contribution in [1.82, 2.24) is 0 Å². The van der Waals surface area contributed by atoms with Crippen molar-refractivity contribution in [2.75, 3.05) is 152 Å². The van der Waals surface area contributed by atoms with Gasteiger partial charge in [-0.3, -0.25) is 4.79 Å². The number of ether oxygens (including phenoxy) is 12. The Morgan fingerprint density at radius 1 is 0.395 bits per heavy atom. The van der Waals surface area contributed by atoms with Gasteiger partial charge in [-0.05, 0) is 20.8 Å². The van der Waals surface area contributed by atoms with Crippen LogP contribution in [0, 0.1) is 0 Å². The standard InChI is InChI=1S/C29H59NO13/c1-29(2,3)43-28(31)4-6-32-8-10-34-12-14-36-16-18-38-20-22-40-24-26-42-27-25-41-23-21-39-19-17-37-15-13-35-11-9-33-7-5-30/h4-27,30H2,1-3H3. The summed E-state index contributed by atoms with van der Waals surface area (Å²) in [6.45, 7) is 16.9. The average Bonchev–Trinajstić information content (AvgIpc) is 2.96. The number of esters is 1. The molecule has 0 spiro atoms. The third kappa shape index (κ3) is 39.0. The van der Waals surface area contributed by atoms with Gasteiger partial charge in [0.25, 0.3) is 0 Å². The summed E-state index contributed by atoms with van der Waals surface area (Å²) in [4.78, 5) is 11.5. The highest BCUT2D eigenvalue weighted by molar-refractivity contribution is 5.69. The third-order valence-electron chi connectivity index (χ3n) is 4.85. The molecule has 14 nitrogen and oxygen atoms in total. The van der Waals surface area contributed by atoms with Gasteiger partial charge in [0.05, 0.1) is 152 Å². The third-order valence-corrected chi connectivity index (χ3v) is 4.85. The van der Waals surface area contributed by atoms with Crippen molar-refractivity contribution in [3.05, 3.63) is 0 Å². The maximum atomic E-state index is 11.5. The van der Waals surface area contributed by atoms with Crippen molar-refractivity contribution in [3.8, 4) is 0 Å². The van der Waals surface area contributed by atoms with E-state index in [9.17, 15) is 4.79 Å². The van der Waals surface area contributed by atoms with E-state index in [1.807, 2.05) is 20.8 Å². The summed E-state index contributed by atoms with van der Waals surface area (Å²) in [7, 11) is 0. The van der Waals surface area contributed by atoms with Crippen LogP contribution in [0.15, 0.2) is 0 Å². The molecule has 0 rings (SSSR count). The molecule has 0 aliphatic heterocycles. The Kier molecular flexibility index (Phi) is 33.1. The fourth-order valence-electron chi connectivity index (χ4n) is 2.93. The van der Waals surface area contributed by atoms with Gasteiger partial charge in [-0.2, -0.15) is 0 Å². The number of carbonyl (C=O) groups is 1. The smallest absolute Gasteiger partial charge is 0.308 e. The van der Waals surface area contributed by atoms with Crippen LogP contribution < -0.4 is 5.73 Å². The molecule has 0 saturated carbocycles. The fourth-order valence-corrected chi connectivity index (χ4v) is 2.93. The van der Waals surface area contributed by atoms with Gasteiger partial charge in [0, 0.05) is 6.54 Å². The molecular formula is C29H59NO13. The van der Waals surface area contributed by atoms with E-state index in [4.69, 9.17) is 62.6 Å². The molecule has 0 aromatic carbocycles. The summed E-state index contributed by atoms with van der Waals surface area (Å²) >= 11 is 0. The van der Waals surface area contributed by atoms with E-state index in [0.717, 1.165) is 0 Å². The topological polar surface area (TPSA) is 154 Å². The fraction of sp³-hybridized carbons (Fsp3) is 0.966. The quantitative estimate of drug-likeness (QED) is 0.0778. The van der Waals surface area contributed by atoms with Crippen molar-refractivity contribution >= 4 is 5.97 Å². The molecular weight excluding hydrogens is 570 g/mol. The summed E-state index contributed by atoms with van der Waals surface area (Å²) in [5.41, 5.74) is 4.85. The SMILES string of the molecule is CC(C)(C)OC(=O)CCOCCOCCOCCOCCOCCOCCOCCOCCOCCOCCOCCN. The highest BCUT2D eigenvalue weighted by atomic mass is 16.6. The van der Waals surface area contributed by atoms with Crippen molar-refractivity contribution < 1.29 is 61.6 Å². The van der Waals surface area contributed by atoms with E-state index in [1.54, 1.807) is 0 Å². The Morgan fingerprint density at radius 2 is 0.605 bits per heavy atom. The van der Waals surface area contributed by atoms with Crippen LogP contribution >= 0.6 is 0 Å². The second-order valence-corrected chi connectivity index (χ2v) is 9.86. The van der Waals surface area contributed by atoms with E-state index in [1.165, 1.54) is 0 Å². The van der Waals surface area contributed by atoms with Crippen LogP contribution in [0.4, 0.5) is 0 Å². The van der Waals surface area contributed by atoms with E-state index < -0.39 is 5.60 Å². The molecule has 0 amide bonds. The number of rotatable bonds is 35. The minimum atomic E-state index is -0.472. The van der Waals surface area contributed by atoms with Crippen LogP contribution in [-0.2, 0) is 61.6 Å². The molecule has 0 unspecified atom stereocenters. The normalized spacial score (nSPS) is 11.8. The first-order valence-corrected chi connectivity index (χ1v) is 15.2. The van der Waals surface area contributed by atoms with E-state index in [-0.39, 0.29) is 12.4 Å². The van der Waals surface area contributed by atoms with Crippen LogP contribution in [0.25, 0.3) is 0 Å². The van der Waals surface area contributed by atoms with Crippen LogP contribution in [0.5, 0.6) is 0 Å². The van der Waals surface area contributed by atoms with Crippen LogP contribution in [0.2, 0.25) is 0 Å². The van der Waals surface area contributed by atoms with Gasteiger partial charge >= 0.3 is 5.97 Å². The summed E-state index contributed by atoms with van der Waals surface area (Å²) in [6.07, 6.45) is 0.232. The van der Waals surface area contributed by atoms with E-state index in [0.29, 0.717) is 152 Å². The highest BCUT2D eigenvalue weighted by Crippen LogP contribution is 2.08. The Balaban J connectivity index is 3.09. The maximum absolute atomic E-state index is 11.5. The molecule has 0 aromatic heterocycles. The van der Waals surface area contributed by atoms with Crippen molar-refractivity contribution in [3.63, 3.8) is 0 Å². The molecule has 0 aliphatic carbocycles. The van der Waals surface area contributed by atoms with Crippen LogP contribution in [0.1, 0.15) is 27.2 Å². The first-order valence-electron chi connectivity index (χ1n) is 15.2. The second kappa shape index (κ2) is 33.9. The Labute approximate surface area is 258 Å². The number of carbonyl (C=O) groups excluding carboxylic acids is 1. The summed E-state index contributed by atoms with van der Waals surface area (Å²) in [5.74, 6) is -0.265. The molecule has 0 heterocycles. The molecule has 0 atom stereocenters. The summed E-state index contributed by atoms with van der Waals surface area (Å²) in [6, 6.07) is 0. The Bertz CT molecular complexity index is 567. The first-order chi connectivity index (χ1) is 21.0. The average molecular weight is 630 g/mol. The molecule has 258 valence electrons. The molecule has 14 heteroatoms. The minimum absolute atomic E-state index is 0.232. The van der Waals surface area contributed by atoms with Gasteiger partial charge in [0.2, 0.25) is 0 Å². The van der Waals surface area contributed by atoms with E-state index >= 15 is 0 Å². The van der Waals surface area contributed by atoms with Crippen molar-refractivity contribution in [1.29, 1.82) is 0 Å². The zero-order valence-electron chi connectivity index (χ0n) is 26.9. The molecule has 0 aliphatic rings. The number of hydrogen-bond donors (Lipinski definition) is 1. The van der Waals surface area contributed by atoms with Crippen molar-refractivity contribution in [2.24, 2.45) is 5.73 Å². The molecule has 0 fully saturated rings. The predicted octanol–water partition coefficient (Wildman–Crippen LogP) is 0.860. The van der Waals surface area contributed by atoms with Crippen molar-refractivity contribution in [2.45, 2.75) is 32.8 Å². The van der Waals surface area contributed by atoms with Crippen LogP contribution in [-0.4, -0.2) is 163 Å². The summed E-state index contributed by atoms with van der Waals surface area (Å²) < 4.78 is 64.7.